The second-order valence-electron chi connectivity index (χ2n) is 4.59. The number of benzene rings is 1. The Morgan fingerprint density at radius 3 is 2.86 bits per heavy atom. The van der Waals surface area contributed by atoms with E-state index in [9.17, 15) is 0 Å². The molecule has 0 fully saturated rings. The maximum absolute atomic E-state index is 5.50. The maximum atomic E-state index is 5.50. The number of rotatable bonds is 7. The second kappa shape index (κ2) is 7.74. The largest absolute Gasteiger partial charge is 0.493 e. The van der Waals surface area contributed by atoms with Crippen LogP contribution in [0.3, 0.4) is 0 Å². The number of aromatic amines is 1. The summed E-state index contributed by atoms with van der Waals surface area (Å²) in [6.07, 6.45) is 3.52. The first kappa shape index (κ1) is 16.2. The van der Waals surface area contributed by atoms with Gasteiger partial charge < -0.3 is 9.47 Å². The number of aromatic nitrogens is 3. The van der Waals surface area contributed by atoms with Gasteiger partial charge in [-0.1, -0.05) is 6.92 Å². The lowest BCUT2D eigenvalue weighted by Gasteiger charge is -2.09. The normalized spacial score (nSPS) is 11.0. The smallest absolute Gasteiger partial charge is 0.216 e. The van der Waals surface area contributed by atoms with Gasteiger partial charge in [-0.15, -0.1) is 0 Å². The molecule has 0 radical (unpaired) electrons. The lowest BCUT2D eigenvalue weighted by molar-refractivity contribution is 0.311. The Hall–Kier alpha value is -2.15. The van der Waals surface area contributed by atoms with Crippen molar-refractivity contribution < 1.29 is 9.47 Å². The molecule has 0 spiro atoms. The van der Waals surface area contributed by atoms with Crippen LogP contribution in [-0.4, -0.2) is 34.8 Å². The van der Waals surface area contributed by atoms with Crippen LogP contribution in [0.5, 0.6) is 11.5 Å². The van der Waals surface area contributed by atoms with Crippen LogP contribution in [0.1, 0.15) is 31.7 Å². The SMILES string of the molecule is CCCc1n[nH]c(=S)n1/N=C\c1ccc(OCC)c(OC)c1. The van der Waals surface area contributed by atoms with Crippen molar-refractivity contribution in [1.29, 1.82) is 0 Å². The minimum Gasteiger partial charge on any atom is -0.493 e. The topological polar surface area (TPSA) is 64.4 Å². The van der Waals surface area contributed by atoms with E-state index < -0.39 is 0 Å². The Morgan fingerprint density at radius 2 is 2.18 bits per heavy atom. The monoisotopic (exact) mass is 320 g/mol. The highest BCUT2D eigenvalue weighted by Gasteiger charge is 2.05. The molecule has 0 unspecified atom stereocenters. The van der Waals surface area contributed by atoms with Crippen molar-refractivity contribution in [3.8, 4) is 11.5 Å². The molecule has 0 amide bonds. The maximum Gasteiger partial charge on any atom is 0.216 e. The molecule has 7 heteroatoms. The van der Waals surface area contributed by atoms with Gasteiger partial charge in [-0.05, 0) is 49.3 Å². The number of hydrogen-bond donors (Lipinski definition) is 1. The molecule has 0 aliphatic rings. The minimum absolute atomic E-state index is 0.484. The molecule has 0 saturated heterocycles. The zero-order valence-electron chi connectivity index (χ0n) is 13.0. The van der Waals surface area contributed by atoms with Crippen LogP contribution in [0.25, 0.3) is 0 Å². The molecule has 1 aromatic heterocycles. The Kier molecular flexibility index (Phi) is 5.71. The summed E-state index contributed by atoms with van der Waals surface area (Å²) >= 11 is 5.19. The molecule has 2 aromatic rings. The number of H-pyrrole nitrogens is 1. The van der Waals surface area contributed by atoms with Crippen LogP contribution in [0, 0.1) is 4.77 Å². The quantitative estimate of drug-likeness (QED) is 0.628. The summed E-state index contributed by atoms with van der Waals surface area (Å²) in [7, 11) is 1.62. The van der Waals surface area contributed by atoms with Gasteiger partial charge in [0.15, 0.2) is 17.3 Å². The fourth-order valence-electron chi connectivity index (χ4n) is 1.99. The fourth-order valence-corrected chi connectivity index (χ4v) is 2.19. The number of nitrogens with one attached hydrogen (secondary N) is 1. The predicted octanol–water partition coefficient (Wildman–Crippen LogP) is 3.18. The van der Waals surface area contributed by atoms with Crippen LogP contribution in [0.15, 0.2) is 23.3 Å². The van der Waals surface area contributed by atoms with Crippen molar-refractivity contribution in [2.75, 3.05) is 13.7 Å². The predicted molar refractivity (Wildman–Crippen MR) is 88.6 cm³/mol. The van der Waals surface area contributed by atoms with Crippen molar-refractivity contribution in [1.82, 2.24) is 14.9 Å². The molecule has 0 bridgehead atoms. The Bertz CT molecular complexity index is 706. The van der Waals surface area contributed by atoms with Gasteiger partial charge in [0, 0.05) is 6.42 Å². The summed E-state index contributed by atoms with van der Waals surface area (Å²) in [5, 5.41) is 11.3. The molecule has 0 aliphatic carbocycles. The number of hydrogen-bond acceptors (Lipinski definition) is 5. The van der Waals surface area contributed by atoms with Gasteiger partial charge >= 0.3 is 0 Å². The van der Waals surface area contributed by atoms with E-state index in [2.05, 4.69) is 22.2 Å². The number of ether oxygens (including phenoxy) is 2. The molecule has 1 N–H and O–H groups in total. The van der Waals surface area contributed by atoms with E-state index in [4.69, 9.17) is 21.7 Å². The summed E-state index contributed by atoms with van der Waals surface area (Å²) in [5.41, 5.74) is 0.894. The average Bonchev–Trinajstić information content (AvgIpc) is 2.87. The van der Waals surface area contributed by atoms with E-state index in [-0.39, 0.29) is 0 Å². The van der Waals surface area contributed by atoms with Crippen LogP contribution >= 0.6 is 12.2 Å². The highest BCUT2D eigenvalue weighted by molar-refractivity contribution is 7.71. The van der Waals surface area contributed by atoms with E-state index in [1.807, 2.05) is 25.1 Å². The van der Waals surface area contributed by atoms with Crippen molar-refractivity contribution in [3.05, 3.63) is 34.4 Å². The first-order valence-corrected chi connectivity index (χ1v) is 7.61. The lowest BCUT2D eigenvalue weighted by Crippen LogP contribution is -1.99. The van der Waals surface area contributed by atoms with Gasteiger partial charge in [-0.2, -0.15) is 14.9 Å². The molecule has 6 nitrogen and oxygen atoms in total. The lowest BCUT2D eigenvalue weighted by atomic mass is 10.2. The number of aryl methyl sites for hydroxylation is 1. The molecule has 0 saturated carbocycles. The summed E-state index contributed by atoms with van der Waals surface area (Å²) < 4.78 is 13.0. The summed E-state index contributed by atoms with van der Waals surface area (Å²) in [6, 6.07) is 5.66. The zero-order valence-corrected chi connectivity index (χ0v) is 13.8. The third kappa shape index (κ3) is 3.73. The summed E-state index contributed by atoms with van der Waals surface area (Å²) in [6.45, 7) is 4.61. The highest BCUT2D eigenvalue weighted by atomic mass is 32.1. The molecule has 1 heterocycles. The molecular formula is C15H20N4O2S. The van der Waals surface area contributed by atoms with Crippen LogP contribution in [0.4, 0.5) is 0 Å². The minimum atomic E-state index is 0.484. The van der Waals surface area contributed by atoms with E-state index >= 15 is 0 Å². The molecule has 2 rings (SSSR count). The van der Waals surface area contributed by atoms with Gasteiger partial charge in [0.2, 0.25) is 4.77 Å². The van der Waals surface area contributed by atoms with Crippen LogP contribution < -0.4 is 9.47 Å². The Morgan fingerprint density at radius 1 is 1.36 bits per heavy atom. The first-order valence-electron chi connectivity index (χ1n) is 7.21. The Balaban J connectivity index is 2.27. The van der Waals surface area contributed by atoms with Gasteiger partial charge in [0.25, 0.3) is 0 Å². The number of nitrogens with zero attached hydrogens (tertiary/aromatic N) is 3. The molecule has 0 aliphatic heterocycles. The van der Waals surface area contributed by atoms with Crippen LogP contribution in [-0.2, 0) is 6.42 Å². The number of methoxy groups -OCH3 is 1. The van der Waals surface area contributed by atoms with Crippen molar-refractivity contribution >= 4 is 18.4 Å². The molecule has 1 aromatic carbocycles. The average molecular weight is 320 g/mol. The van der Waals surface area contributed by atoms with E-state index in [1.54, 1.807) is 18.0 Å². The van der Waals surface area contributed by atoms with Crippen molar-refractivity contribution in [3.63, 3.8) is 0 Å². The molecule has 0 atom stereocenters. The summed E-state index contributed by atoms with van der Waals surface area (Å²) in [5.74, 6) is 2.21. The Labute approximate surface area is 134 Å². The van der Waals surface area contributed by atoms with Crippen molar-refractivity contribution in [2.45, 2.75) is 26.7 Å². The van der Waals surface area contributed by atoms with Gasteiger partial charge in [0.05, 0.1) is 19.9 Å². The van der Waals surface area contributed by atoms with Crippen molar-refractivity contribution in [2.24, 2.45) is 5.10 Å². The van der Waals surface area contributed by atoms with E-state index in [1.165, 1.54) is 0 Å². The third-order valence-electron chi connectivity index (χ3n) is 3.00. The molecule has 118 valence electrons. The standard InChI is InChI=1S/C15H20N4O2S/c1-4-6-14-17-18-15(22)19(14)16-10-11-7-8-12(21-5-2)13(9-11)20-3/h7-10H,4-6H2,1-3H3,(H,18,22)/b16-10-. The highest BCUT2D eigenvalue weighted by Crippen LogP contribution is 2.27. The molecular weight excluding hydrogens is 300 g/mol. The van der Waals surface area contributed by atoms with E-state index in [0.717, 1.165) is 24.2 Å². The second-order valence-corrected chi connectivity index (χ2v) is 4.98. The summed E-state index contributed by atoms with van der Waals surface area (Å²) in [4.78, 5) is 0. The van der Waals surface area contributed by atoms with E-state index in [0.29, 0.717) is 22.9 Å². The van der Waals surface area contributed by atoms with Crippen LogP contribution in [0.2, 0.25) is 0 Å². The zero-order chi connectivity index (χ0) is 15.9. The van der Waals surface area contributed by atoms with Gasteiger partial charge in [0.1, 0.15) is 0 Å². The first-order chi connectivity index (χ1) is 10.7. The fraction of sp³-hybridized carbons (Fsp3) is 0.400. The van der Waals surface area contributed by atoms with Gasteiger partial charge in [-0.3, -0.25) is 5.10 Å². The molecule has 22 heavy (non-hydrogen) atoms. The third-order valence-corrected chi connectivity index (χ3v) is 3.27. The van der Waals surface area contributed by atoms with Gasteiger partial charge in [-0.25, -0.2) is 0 Å².